The first kappa shape index (κ1) is 19.2. The normalized spacial score (nSPS) is 14.4. The van der Waals surface area contributed by atoms with Crippen molar-refractivity contribution >= 4 is 21.8 Å². The van der Waals surface area contributed by atoms with Gasteiger partial charge in [0.15, 0.2) is 0 Å². The van der Waals surface area contributed by atoms with E-state index in [-0.39, 0.29) is 11.0 Å². The first-order valence-electron chi connectivity index (χ1n) is 8.67. The summed E-state index contributed by atoms with van der Waals surface area (Å²) in [6.07, 6.45) is 3.12. The fourth-order valence-electron chi connectivity index (χ4n) is 2.82. The number of benzene rings is 1. The number of amides is 1. The third kappa shape index (κ3) is 4.77. The van der Waals surface area contributed by atoms with E-state index in [1.807, 2.05) is 32.9 Å². The van der Waals surface area contributed by atoms with E-state index in [4.69, 9.17) is 4.74 Å². The summed E-state index contributed by atoms with van der Waals surface area (Å²) in [4.78, 5) is 17.9. The van der Waals surface area contributed by atoms with Crippen molar-refractivity contribution in [3.63, 3.8) is 0 Å². The first-order chi connectivity index (χ1) is 12.6. The molecule has 144 valence electrons. The summed E-state index contributed by atoms with van der Waals surface area (Å²) in [6.45, 7) is 6.48. The van der Waals surface area contributed by atoms with Crippen molar-refractivity contribution in [2.24, 2.45) is 0 Å². The number of rotatable bonds is 3. The van der Waals surface area contributed by atoms with Crippen LogP contribution in [0.5, 0.6) is 0 Å². The smallest absolute Gasteiger partial charge is 0.410 e. The Labute approximate surface area is 159 Å². The highest BCUT2D eigenvalue weighted by Gasteiger charge is 2.26. The molecule has 0 bridgehead atoms. The molecule has 0 aliphatic carbocycles. The van der Waals surface area contributed by atoms with Gasteiger partial charge in [0.1, 0.15) is 10.5 Å². The maximum absolute atomic E-state index is 12.4. The molecule has 0 saturated carbocycles. The summed E-state index contributed by atoms with van der Waals surface area (Å²) < 4.78 is 32.8. The molecule has 0 radical (unpaired) electrons. The second-order valence-electron chi connectivity index (χ2n) is 7.43. The lowest BCUT2D eigenvalue weighted by Crippen LogP contribution is -2.39. The Hall–Kier alpha value is -2.61. The Morgan fingerprint density at radius 1 is 1.22 bits per heavy atom. The summed E-state index contributed by atoms with van der Waals surface area (Å²) in [6, 6.07) is 8.42. The fourth-order valence-corrected chi connectivity index (χ4v) is 3.83. The maximum Gasteiger partial charge on any atom is 0.410 e. The molecular formula is C19H23N3O4S. The Morgan fingerprint density at radius 2 is 2.00 bits per heavy atom. The number of nitrogens with zero attached hydrogens (tertiary/aromatic N) is 2. The third-order valence-corrected chi connectivity index (χ3v) is 5.43. The maximum atomic E-state index is 12.4. The summed E-state index contributed by atoms with van der Waals surface area (Å²) >= 11 is 0. The second-order valence-corrected chi connectivity index (χ2v) is 9.11. The molecule has 1 N–H and O–H groups in total. The summed E-state index contributed by atoms with van der Waals surface area (Å²) in [7, 11) is -3.68. The van der Waals surface area contributed by atoms with Crippen LogP contribution in [0.4, 0.5) is 10.5 Å². The van der Waals surface area contributed by atoms with Crippen LogP contribution in [0.1, 0.15) is 31.9 Å². The van der Waals surface area contributed by atoms with E-state index >= 15 is 0 Å². The second kappa shape index (κ2) is 7.19. The van der Waals surface area contributed by atoms with E-state index in [0.29, 0.717) is 25.2 Å². The molecule has 2 heterocycles. The molecule has 0 unspecified atom stereocenters. The number of pyridine rings is 1. The number of fused-ring (bicyclic) bond motifs is 1. The van der Waals surface area contributed by atoms with Crippen molar-refractivity contribution in [1.29, 1.82) is 0 Å². The van der Waals surface area contributed by atoms with Crippen LogP contribution in [0.15, 0.2) is 47.6 Å². The van der Waals surface area contributed by atoms with Crippen molar-refractivity contribution in [2.75, 3.05) is 11.3 Å². The van der Waals surface area contributed by atoms with Gasteiger partial charge < -0.3 is 9.64 Å². The minimum Gasteiger partial charge on any atom is -0.444 e. The Balaban J connectivity index is 1.73. The zero-order chi connectivity index (χ0) is 19.7. The molecule has 3 rings (SSSR count). The lowest BCUT2D eigenvalue weighted by molar-refractivity contribution is 0.0224. The van der Waals surface area contributed by atoms with E-state index in [2.05, 4.69) is 9.71 Å². The average Bonchev–Trinajstić information content (AvgIpc) is 2.60. The van der Waals surface area contributed by atoms with Gasteiger partial charge in [0.05, 0.1) is 0 Å². The van der Waals surface area contributed by atoms with E-state index in [1.165, 1.54) is 18.5 Å². The summed E-state index contributed by atoms with van der Waals surface area (Å²) in [5, 5.41) is 0. The van der Waals surface area contributed by atoms with Gasteiger partial charge in [-0.3, -0.25) is 9.71 Å². The van der Waals surface area contributed by atoms with Crippen LogP contribution in [-0.4, -0.2) is 36.5 Å². The largest absolute Gasteiger partial charge is 0.444 e. The molecule has 7 nitrogen and oxygen atoms in total. The Kier molecular flexibility index (Phi) is 5.10. The summed E-state index contributed by atoms with van der Waals surface area (Å²) in [5.41, 5.74) is 1.95. The molecule has 1 amide bonds. The quantitative estimate of drug-likeness (QED) is 0.871. The van der Waals surface area contributed by atoms with Crippen LogP contribution >= 0.6 is 0 Å². The molecule has 0 saturated heterocycles. The molecule has 27 heavy (non-hydrogen) atoms. The lowest BCUT2D eigenvalue weighted by atomic mass is 9.99. The van der Waals surface area contributed by atoms with E-state index < -0.39 is 15.6 Å². The predicted molar refractivity (Wildman–Crippen MR) is 102 cm³/mol. The predicted octanol–water partition coefficient (Wildman–Crippen LogP) is 3.18. The van der Waals surface area contributed by atoms with E-state index in [1.54, 1.807) is 17.0 Å². The first-order valence-corrected chi connectivity index (χ1v) is 10.1. The van der Waals surface area contributed by atoms with Crippen LogP contribution in [0, 0.1) is 0 Å². The highest BCUT2D eigenvalue weighted by atomic mass is 32.2. The van der Waals surface area contributed by atoms with Gasteiger partial charge in [0, 0.05) is 31.2 Å². The van der Waals surface area contributed by atoms with Gasteiger partial charge in [-0.15, -0.1) is 0 Å². The molecule has 1 aliphatic heterocycles. The number of hydrogen-bond donors (Lipinski definition) is 1. The molecule has 1 aliphatic rings. The van der Waals surface area contributed by atoms with Crippen LogP contribution in [-0.2, 0) is 27.7 Å². The van der Waals surface area contributed by atoms with Crippen molar-refractivity contribution in [3.8, 4) is 0 Å². The monoisotopic (exact) mass is 389 g/mol. The van der Waals surface area contributed by atoms with Crippen molar-refractivity contribution in [2.45, 2.75) is 44.2 Å². The minimum atomic E-state index is -3.68. The number of carbonyl (C=O) groups excluding carboxylic acids is 1. The van der Waals surface area contributed by atoms with Crippen molar-refractivity contribution < 1.29 is 17.9 Å². The van der Waals surface area contributed by atoms with E-state index in [9.17, 15) is 13.2 Å². The fraction of sp³-hybridized carbons (Fsp3) is 0.368. The number of nitrogens with one attached hydrogen (secondary N) is 1. The number of carbonyl (C=O) groups is 1. The number of ether oxygens (including phenoxy) is 1. The molecule has 0 fully saturated rings. The highest BCUT2D eigenvalue weighted by Crippen LogP contribution is 2.25. The highest BCUT2D eigenvalue weighted by molar-refractivity contribution is 7.92. The molecule has 1 aromatic heterocycles. The molecule has 1 aromatic carbocycles. The van der Waals surface area contributed by atoms with Crippen LogP contribution in [0.25, 0.3) is 0 Å². The zero-order valence-electron chi connectivity index (χ0n) is 15.6. The van der Waals surface area contributed by atoms with Gasteiger partial charge >= 0.3 is 6.09 Å². The van der Waals surface area contributed by atoms with E-state index in [0.717, 1.165) is 11.1 Å². The number of sulfonamides is 1. The summed E-state index contributed by atoms with van der Waals surface area (Å²) in [5.74, 6) is 0. The van der Waals surface area contributed by atoms with Gasteiger partial charge in [-0.2, -0.15) is 0 Å². The Morgan fingerprint density at radius 3 is 2.67 bits per heavy atom. The van der Waals surface area contributed by atoms with Crippen molar-refractivity contribution in [1.82, 2.24) is 9.88 Å². The van der Waals surface area contributed by atoms with Gasteiger partial charge in [-0.25, -0.2) is 13.2 Å². The standard InChI is InChI=1S/C19H23N3O4S/c1-19(2,3)26-18(23)22-10-8-14-11-16(7-6-15(14)13-22)21-27(24,25)17-5-4-9-20-12-17/h4-7,9,11-12,21H,8,10,13H2,1-3H3. The average molecular weight is 389 g/mol. The molecular weight excluding hydrogens is 366 g/mol. The van der Waals surface area contributed by atoms with Gasteiger partial charge in [-0.05, 0) is 62.6 Å². The van der Waals surface area contributed by atoms with Gasteiger partial charge in [-0.1, -0.05) is 6.07 Å². The lowest BCUT2D eigenvalue weighted by Gasteiger charge is -2.31. The minimum absolute atomic E-state index is 0.110. The number of aromatic nitrogens is 1. The topological polar surface area (TPSA) is 88.6 Å². The zero-order valence-corrected chi connectivity index (χ0v) is 16.4. The SMILES string of the molecule is CC(C)(C)OC(=O)N1CCc2cc(NS(=O)(=O)c3cccnc3)ccc2C1. The molecule has 0 atom stereocenters. The third-order valence-electron chi connectivity index (χ3n) is 4.07. The number of anilines is 1. The van der Waals surface area contributed by atoms with Crippen LogP contribution in [0.3, 0.4) is 0 Å². The van der Waals surface area contributed by atoms with Crippen LogP contribution in [0.2, 0.25) is 0 Å². The van der Waals surface area contributed by atoms with Gasteiger partial charge in [0.25, 0.3) is 10.0 Å². The van der Waals surface area contributed by atoms with Crippen molar-refractivity contribution in [3.05, 3.63) is 53.9 Å². The molecule has 2 aromatic rings. The van der Waals surface area contributed by atoms with Crippen LogP contribution < -0.4 is 4.72 Å². The Bertz CT molecular complexity index is 937. The molecule has 0 spiro atoms. The molecule has 8 heteroatoms. The number of hydrogen-bond acceptors (Lipinski definition) is 5. The van der Waals surface area contributed by atoms with Gasteiger partial charge in [0.2, 0.25) is 0 Å².